The Bertz CT molecular complexity index is 673. The van der Waals surface area contributed by atoms with Gasteiger partial charge in [0, 0.05) is 23.6 Å². The van der Waals surface area contributed by atoms with Crippen LogP contribution in [0.5, 0.6) is 0 Å². The van der Waals surface area contributed by atoms with E-state index >= 15 is 0 Å². The molecule has 2 rings (SSSR count). The molecule has 0 amide bonds. The minimum absolute atomic E-state index is 0.249. The number of benzene rings is 1. The average Bonchev–Trinajstić information content (AvgIpc) is 2.37. The van der Waals surface area contributed by atoms with Gasteiger partial charge in [0.15, 0.2) is 0 Å². The Morgan fingerprint density at radius 2 is 2.10 bits per heavy atom. The molecule has 0 radical (unpaired) electrons. The fourth-order valence-electron chi connectivity index (χ4n) is 2.15. The maximum Gasteiger partial charge on any atom is 0.335 e. The molecule has 1 aliphatic heterocycles. The van der Waals surface area contributed by atoms with Crippen LogP contribution in [0.3, 0.4) is 0 Å². The molecule has 0 unspecified atom stereocenters. The third-order valence-corrected chi connectivity index (χ3v) is 6.34. The molecule has 0 saturated carbocycles. The van der Waals surface area contributed by atoms with E-state index in [4.69, 9.17) is 5.11 Å². The van der Waals surface area contributed by atoms with Crippen LogP contribution >= 0.6 is 11.8 Å². The van der Waals surface area contributed by atoms with E-state index in [0.717, 1.165) is 18.2 Å². The van der Waals surface area contributed by atoms with Crippen LogP contribution < -0.4 is 0 Å². The van der Waals surface area contributed by atoms with Gasteiger partial charge in [-0.1, -0.05) is 0 Å². The molecule has 0 spiro atoms. The average molecular weight is 333 g/mol. The highest BCUT2D eigenvalue weighted by Crippen LogP contribution is 2.33. The molecule has 1 N–H and O–H groups in total. The zero-order valence-corrected chi connectivity index (χ0v) is 13.3. The molecule has 1 aliphatic rings. The standard InChI is InChI=1S/C13H16FNO4S2/c1-13(2)8-15(5-6-20-13)21(18,19)11-7-9(12(16)17)3-4-10(11)14/h3-4,7H,5-6,8H2,1-2H3,(H,16,17). The number of carbonyl (C=O) groups is 1. The van der Waals surface area contributed by atoms with Gasteiger partial charge in [0.25, 0.3) is 0 Å². The van der Waals surface area contributed by atoms with Crippen molar-refractivity contribution >= 4 is 27.8 Å². The highest BCUT2D eigenvalue weighted by molar-refractivity contribution is 8.00. The Morgan fingerprint density at radius 1 is 1.43 bits per heavy atom. The number of nitrogens with zero attached hydrogens (tertiary/aromatic N) is 1. The number of carboxylic acids is 1. The normalized spacial score (nSPS) is 19.4. The largest absolute Gasteiger partial charge is 0.478 e. The first-order valence-electron chi connectivity index (χ1n) is 6.30. The summed E-state index contributed by atoms with van der Waals surface area (Å²) in [6.07, 6.45) is 0. The molecule has 0 atom stereocenters. The third kappa shape index (κ3) is 3.38. The monoisotopic (exact) mass is 333 g/mol. The van der Waals surface area contributed by atoms with E-state index in [0.29, 0.717) is 5.75 Å². The van der Waals surface area contributed by atoms with Crippen molar-refractivity contribution in [3.05, 3.63) is 29.6 Å². The number of aromatic carboxylic acids is 1. The fraction of sp³-hybridized carbons (Fsp3) is 0.462. The lowest BCUT2D eigenvalue weighted by Gasteiger charge is -2.36. The fourth-order valence-corrected chi connectivity index (χ4v) is 5.15. The summed E-state index contributed by atoms with van der Waals surface area (Å²) in [6, 6.07) is 2.80. The molecule has 0 aromatic heterocycles. The topological polar surface area (TPSA) is 74.7 Å². The second-order valence-corrected chi connectivity index (χ2v) is 9.11. The van der Waals surface area contributed by atoms with Crippen LogP contribution in [-0.2, 0) is 10.0 Å². The summed E-state index contributed by atoms with van der Waals surface area (Å²) in [5.74, 6) is -1.61. The Hall–Kier alpha value is -1.12. The number of halogens is 1. The quantitative estimate of drug-likeness (QED) is 0.916. The highest BCUT2D eigenvalue weighted by atomic mass is 32.2. The van der Waals surface area contributed by atoms with E-state index in [1.54, 1.807) is 11.8 Å². The predicted octanol–water partition coefficient (Wildman–Crippen LogP) is 2.04. The second kappa shape index (κ2) is 5.58. The summed E-state index contributed by atoms with van der Waals surface area (Å²) < 4.78 is 39.9. The molecule has 21 heavy (non-hydrogen) atoms. The van der Waals surface area contributed by atoms with Crippen molar-refractivity contribution in [2.24, 2.45) is 0 Å². The lowest BCUT2D eigenvalue weighted by Crippen LogP contribution is -2.46. The SMILES string of the molecule is CC1(C)CN(S(=O)(=O)c2cc(C(=O)O)ccc2F)CCS1. The molecule has 1 aromatic rings. The number of sulfonamides is 1. The number of rotatable bonds is 3. The van der Waals surface area contributed by atoms with Gasteiger partial charge >= 0.3 is 5.97 Å². The van der Waals surface area contributed by atoms with Crippen LogP contribution in [0.4, 0.5) is 4.39 Å². The maximum absolute atomic E-state index is 13.9. The van der Waals surface area contributed by atoms with E-state index in [1.165, 1.54) is 4.31 Å². The summed E-state index contributed by atoms with van der Waals surface area (Å²) >= 11 is 1.65. The van der Waals surface area contributed by atoms with Gasteiger partial charge in [0.2, 0.25) is 10.0 Å². The smallest absolute Gasteiger partial charge is 0.335 e. The molecule has 0 aliphatic carbocycles. The Labute approximate surface area is 127 Å². The molecule has 1 saturated heterocycles. The van der Waals surface area contributed by atoms with Crippen molar-refractivity contribution in [2.45, 2.75) is 23.5 Å². The zero-order chi connectivity index (χ0) is 15.8. The van der Waals surface area contributed by atoms with Gasteiger partial charge < -0.3 is 5.11 Å². The Morgan fingerprint density at radius 3 is 2.67 bits per heavy atom. The van der Waals surface area contributed by atoms with E-state index in [1.807, 2.05) is 13.8 Å². The van der Waals surface area contributed by atoms with Crippen LogP contribution in [0.1, 0.15) is 24.2 Å². The predicted molar refractivity (Wildman–Crippen MR) is 78.7 cm³/mol. The van der Waals surface area contributed by atoms with Crippen molar-refractivity contribution in [3.8, 4) is 0 Å². The molecule has 1 heterocycles. The highest BCUT2D eigenvalue weighted by Gasteiger charge is 2.36. The first-order chi connectivity index (χ1) is 9.63. The van der Waals surface area contributed by atoms with Gasteiger partial charge in [-0.15, -0.1) is 0 Å². The van der Waals surface area contributed by atoms with Crippen LogP contribution in [0.2, 0.25) is 0 Å². The molecule has 1 fully saturated rings. The van der Waals surface area contributed by atoms with Crippen molar-refractivity contribution < 1.29 is 22.7 Å². The summed E-state index contributed by atoms with van der Waals surface area (Å²) in [4.78, 5) is 10.4. The Balaban J connectivity index is 2.44. The van der Waals surface area contributed by atoms with E-state index in [2.05, 4.69) is 0 Å². The van der Waals surface area contributed by atoms with Crippen molar-refractivity contribution in [1.82, 2.24) is 4.31 Å². The van der Waals surface area contributed by atoms with E-state index in [9.17, 15) is 17.6 Å². The van der Waals surface area contributed by atoms with Gasteiger partial charge in [0.05, 0.1) is 5.56 Å². The number of hydrogen-bond donors (Lipinski definition) is 1. The molecular weight excluding hydrogens is 317 g/mol. The van der Waals surface area contributed by atoms with Gasteiger partial charge in [-0.25, -0.2) is 17.6 Å². The Kier molecular flexibility index (Phi) is 4.32. The summed E-state index contributed by atoms with van der Waals surface area (Å²) in [6.45, 7) is 4.39. The molecule has 0 bridgehead atoms. The first-order valence-corrected chi connectivity index (χ1v) is 8.73. The van der Waals surface area contributed by atoms with Crippen LogP contribution in [0, 0.1) is 5.82 Å². The van der Waals surface area contributed by atoms with E-state index in [-0.39, 0.29) is 23.4 Å². The lowest BCUT2D eigenvalue weighted by atomic mass is 10.2. The van der Waals surface area contributed by atoms with Crippen molar-refractivity contribution in [3.63, 3.8) is 0 Å². The van der Waals surface area contributed by atoms with Crippen molar-refractivity contribution in [2.75, 3.05) is 18.8 Å². The molecule has 5 nitrogen and oxygen atoms in total. The van der Waals surface area contributed by atoms with Gasteiger partial charge in [-0.2, -0.15) is 16.1 Å². The van der Waals surface area contributed by atoms with Crippen LogP contribution in [-0.4, -0.2) is 47.4 Å². The number of thioether (sulfide) groups is 1. The van der Waals surface area contributed by atoms with Gasteiger partial charge in [-0.3, -0.25) is 0 Å². The van der Waals surface area contributed by atoms with Gasteiger partial charge in [-0.05, 0) is 32.0 Å². The first kappa shape index (κ1) is 16.3. The van der Waals surface area contributed by atoms with Crippen molar-refractivity contribution in [1.29, 1.82) is 0 Å². The molecule has 8 heteroatoms. The van der Waals surface area contributed by atoms with Crippen LogP contribution in [0.25, 0.3) is 0 Å². The van der Waals surface area contributed by atoms with E-state index < -0.39 is 26.7 Å². The second-order valence-electron chi connectivity index (χ2n) is 5.40. The molecule has 1 aromatic carbocycles. The van der Waals surface area contributed by atoms with Crippen LogP contribution in [0.15, 0.2) is 23.1 Å². The summed E-state index contributed by atoms with van der Waals surface area (Å²) in [5, 5.41) is 8.93. The minimum Gasteiger partial charge on any atom is -0.478 e. The number of hydrogen-bond acceptors (Lipinski definition) is 4. The molecule has 116 valence electrons. The molecular formula is C13H16FNO4S2. The lowest BCUT2D eigenvalue weighted by molar-refractivity contribution is 0.0696. The summed E-state index contributed by atoms with van der Waals surface area (Å²) in [5.41, 5.74) is -0.249. The maximum atomic E-state index is 13.9. The minimum atomic E-state index is -4.04. The zero-order valence-electron chi connectivity index (χ0n) is 11.7. The summed E-state index contributed by atoms with van der Waals surface area (Å²) in [7, 11) is -4.04. The third-order valence-electron chi connectivity index (χ3n) is 3.19. The number of carboxylic acid groups (broad SMARTS) is 1. The van der Waals surface area contributed by atoms with Gasteiger partial charge in [0.1, 0.15) is 10.7 Å².